The Morgan fingerprint density at radius 2 is 1.89 bits per heavy atom. The van der Waals surface area contributed by atoms with E-state index < -0.39 is 46.8 Å². The topological polar surface area (TPSA) is 233 Å². The summed E-state index contributed by atoms with van der Waals surface area (Å²) < 4.78 is 37.7. The smallest absolute Gasteiger partial charge is 0.387 e. The van der Waals surface area contributed by atoms with E-state index in [0.29, 0.717) is 0 Å². The SMILES string of the molecule is Nc1ncnc2c1ncn2[C@@H]1O[C@H](COP(=O)(O)O)C(O)C1OP(=O)(O)O. The first-order chi connectivity index (χ1) is 12.5. The Balaban J connectivity index is 1.95. The maximum Gasteiger partial charge on any atom is 0.470 e. The van der Waals surface area contributed by atoms with Gasteiger partial charge in [-0.1, -0.05) is 0 Å². The normalized spacial score (nSPS) is 26.7. The van der Waals surface area contributed by atoms with Crippen LogP contribution in [0.25, 0.3) is 11.2 Å². The molecule has 1 saturated heterocycles. The van der Waals surface area contributed by atoms with Crippen LogP contribution in [0, 0.1) is 0 Å². The number of rotatable bonds is 6. The fourth-order valence-electron chi connectivity index (χ4n) is 2.58. The number of phosphoric acid groups is 2. The molecule has 0 spiro atoms. The molecule has 3 rings (SSSR count). The zero-order valence-corrected chi connectivity index (χ0v) is 15.0. The van der Waals surface area contributed by atoms with Crippen molar-refractivity contribution in [3.05, 3.63) is 12.7 Å². The second-order valence-electron chi connectivity index (χ2n) is 5.49. The summed E-state index contributed by atoms with van der Waals surface area (Å²) in [6, 6.07) is 0. The third kappa shape index (κ3) is 4.50. The van der Waals surface area contributed by atoms with Crippen molar-refractivity contribution in [3.63, 3.8) is 0 Å². The first-order valence-electron chi connectivity index (χ1n) is 7.17. The van der Waals surface area contributed by atoms with Gasteiger partial charge in [0.25, 0.3) is 0 Å². The second-order valence-corrected chi connectivity index (χ2v) is 7.92. The van der Waals surface area contributed by atoms with E-state index in [1.165, 1.54) is 10.9 Å². The third-order valence-corrected chi connectivity index (χ3v) is 4.64. The summed E-state index contributed by atoms with van der Waals surface area (Å²) in [6.07, 6.45) is -3.78. The minimum absolute atomic E-state index is 0.0335. The van der Waals surface area contributed by atoms with E-state index in [4.69, 9.17) is 30.0 Å². The van der Waals surface area contributed by atoms with Crippen molar-refractivity contribution >= 4 is 32.6 Å². The van der Waals surface area contributed by atoms with Crippen LogP contribution < -0.4 is 5.73 Å². The van der Waals surface area contributed by atoms with Crippen LogP contribution in [0.4, 0.5) is 5.82 Å². The zero-order chi connectivity index (χ0) is 20.0. The van der Waals surface area contributed by atoms with Gasteiger partial charge in [0.1, 0.15) is 30.2 Å². The van der Waals surface area contributed by atoms with E-state index in [2.05, 4.69) is 24.0 Å². The number of aliphatic hydroxyl groups excluding tert-OH is 1. The highest BCUT2D eigenvalue weighted by Gasteiger charge is 2.49. The number of hydrogen-bond donors (Lipinski definition) is 6. The largest absolute Gasteiger partial charge is 0.470 e. The molecule has 7 N–H and O–H groups in total. The molecule has 2 aromatic rings. The first-order valence-corrected chi connectivity index (χ1v) is 10.2. The summed E-state index contributed by atoms with van der Waals surface area (Å²) in [7, 11) is -9.94. The molecule has 0 aromatic carbocycles. The molecule has 0 saturated carbocycles. The summed E-state index contributed by atoms with van der Waals surface area (Å²) in [4.78, 5) is 47.5. The van der Waals surface area contributed by atoms with Crippen LogP contribution in [0.1, 0.15) is 6.23 Å². The summed E-state index contributed by atoms with van der Waals surface area (Å²) in [5, 5.41) is 10.3. The van der Waals surface area contributed by atoms with Crippen LogP contribution in [-0.4, -0.2) is 69.1 Å². The molecule has 1 aliphatic heterocycles. The molecule has 0 radical (unpaired) electrons. The lowest BCUT2D eigenvalue weighted by atomic mass is 10.1. The van der Waals surface area contributed by atoms with Crippen LogP contribution in [0.2, 0.25) is 0 Å². The molecule has 150 valence electrons. The number of imidazole rings is 1. The Kier molecular flexibility index (Phi) is 5.35. The number of anilines is 1. The summed E-state index contributed by atoms with van der Waals surface area (Å²) in [5.41, 5.74) is 5.96. The van der Waals surface area contributed by atoms with Crippen LogP contribution in [0.3, 0.4) is 0 Å². The summed E-state index contributed by atoms with van der Waals surface area (Å²) >= 11 is 0. The number of hydrogen-bond acceptors (Lipinski definition) is 10. The van der Waals surface area contributed by atoms with Crippen molar-refractivity contribution in [1.29, 1.82) is 0 Å². The fourth-order valence-corrected chi connectivity index (χ4v) is 3.47. The Morgan fingerprint density at radius 1 is 1.19 bits per heavy atom. The molecule has 15 nitrogen and oxygen atoms in total. The number of nitrogens with zero attached hydrogens (tertiary/aromatic N) is 4. The Bertz CT molecular complexity index is 926. The molecule has 2 unspecified atom stereocenters. The first kappa shape index (κ1) is 20.2. The molecule has 17 heteroatoms. The molecule has 1 aliphatic rings. The number of aliphatic hydroxyl groups is 1. The van der Waals surface area contributed by atoms with Gasteiger partial charge in [0.2, 0.25) is 0 Å². The molecule has 1 fully saturated rings. The maximum atomic E-state index is 11.3. The number of nitrogens with two attached hydrogens (primary N) is 1. The zero-order valence-electron chi connectivity index (χ0n) is 13.2. The van der Waals surface area contributed by atoms with Gasteiger partial charge in [-0.2, -0.15) is 0 Å². The highest BCUT2D eigenvalue weighted by molar-refractivity contribution is 7.46. The van der Waals surface area contributed by atoms with Gasteiger partial charge >= 0.3 is 15.6 Å². The predicted octanol–water partition coefficient (Wildman–Crippen LogP) is -1.75. The van der Waals surface area contributed by atoms with Crippen molar-refractivity contribution in [2.75, 3.05) is 12.3 Å². The summed E-state index contributed by atoms with van der Waals surface area (Å²) in [6.45, 7) is -0.771. The minimum Gasteiger partial charge on any atom is -0.387 e. The molecular weight excluding hydrogens is 412 g/mol. The highest BCUT2D eigenvalue weighted by atomic mass is 31.2. The van der Waals surface area contributed by atoms with Gasteiger partial charge in [0.05, 0.1) is 12.9 Å². The molecular formula is C10H15N5O10P2. The van der Waals surface area contributed by atoms with Crippen LogP contribution in [0.5, 0.6) is 0 Å². The maximum absolute atomic E-state index is 11.3. The van der Waals surface area contributed by atoms with Crippen LogP contribution in [-0.2, 0) is 22.9 Å². The van der Waals surface area contributed by atoms with Gasteiger partial charge in [-0.15, -0.1) is 0 Å². The molecule has 27 heavy (non-hydrogen) atoms. The standard InChI is InChI=1S/C10H15N5O10P2/c11-8-5-9(13-2-12-8)15(3-14-5)10-7(25-27(20,21)22)6(16)4(24-10)1-23-26(17,18)19/h2-4,6-7,10,16H,1H2,(H2,11,12,13)(H2,17,18,19)(H2,20,21,22)/t4-,6?,7?,10-/m1/s1. The Hall–Kier alpha value is -1.51. The number of ether oxygens (including phenoxy) is 1. The lowest BCUT2D eigenvalue weighted by molar-refractivity contribution is -0.0498. The number of fused-ring (bicyclic) bond motifs is 1. The van der Waals surface area contributed by atoms with E-state index in [1.54, 1.807) is 0 Å². The Labute approximate surface area is 150 Å². The predicted molar refractivity (Wildman–Crippen MR) is 84.6 cm³/mol. The summed E-state index contributed by atoms with van der Waals surface area (Å²) in [5.74, 6) is 0.0335. The van der Waals surface area contributed by atoms with Gasteiger partial charge in [-0.05, 0) is 0 Å². The van der Waals surface area contributed by atoms with Crippen molar-refractivity contribution in [1.82, 2.24) is 19.5 Å². The third-order valence-electron chi connectivity index (χ3n) is 3.64. The van der Waals surface area contributed by atoms with Crippen molar-refractivity contribution in [2.24, 2.45) is 0 Å². The van der Waals surface area contributed by atoms with Gasteiger partial charge in [0.15, 0.2) is 17.7 Å². The molecule has 3 heterocycles. The number of aromatic nitrogens is 4. The van der Waals surface area contributed by atoms with E-state index in [0.717, 1.165) is 6.33 Å². The van der Waals surface area contributed by atoms with Gasteiger partial charge < -0.3 is 35.2 Å². The number of phosphoric ester groups is 2. The van der Waals surface area contributed by atoms with Crippen molar-refractivity contribution in [3.8, 4) is 0 Å². The fraction of sp³-hybridized carbons (Fsp3) is 0.500. The van der Waals surface area contributed by atoms with E-state index in [-0.39, 0.29) is 17.0 Å². The molecule has 0 amide bonds. The highest BCUT2D eigenvalue weighted by Crippen LogP contribution is 2.46. The van der Waals surface area contributed by atoms with Crippen molar-refractivity contribution < 1.29 is 47.6 Å². The van der Waals surface area contributed by atoms with E-state index in [9.17, 15) is 14.2 Å². The van der Waals surface area contributed by atoms with Gasteiger partial charge in [-0.25, -0.2) is 24.1 Å². The second kappa shape index (κ2) is 7.14. The van der Waals surface area contributed by atoms with E-state index >= 15 is 0 Å². The molecule has 0 aliphatic carbocycles. The van der Waals surface area contributed by atoms with Gasteiger partial charge in [0, 0.05) is 0 Å². The van der Waals surface area contributed by atoms with E-state index in [1.807, 2.05) is 0 Å². The van der Waals surface area contributed by atoms with Crippen molar-refractivity contribution in [2.45, 2.75) is 24.5 Å². The average molecular weight is 427 g/mol. The quantitative estimate of drug-likeness (QED) is 0.281. The number of nitrogen functional groups attached to an aromatic ring is 1. The molecule has 0 bridgehead atoms. The Morgan fingerprint density at radius 3 is 2.52 bits per heavy atom. The van der Waals surface area contributed by atoms with Gasteiger partial charge in [-0.3, -0.25) is 13.6 Å². The average Bonchev–Trinajstić information content (AvgIpc) is 3.07. The minimum atomic E-state index is -5.06. The van der Waals surface area contributed by atoms with Crippen LogP contribution in [0.15, 0.2) is 12.7 Å². The molecule has 4 atom stereocenters. The van der Waals surface area contributed by atoms with Crippen LogP contribution >= 0.6 is 15.6 Å². The lowest BCUT2D eigenvalue weighted by Crippen LogP contribution is -2.35. The molecule has 2 aromatic heterocycles. The monoisotopic (exact) mass is 427 g/mol. The lowest BCUT2D eigenvalue weighted by Gasteiger charge is -2.22.